The minimum Gasteiger partial charge on any atom is -0.294 e. The molecule has 0 radical (unpaired) electrons. The van der Waals surface area contributed by atoms with Crippen LogP contribution in [0.2, 0.25) is 0 Å². The Labute approximate surface area is 98.9 Å². The minimum absolute atomic E-state index is 0.0390. The van der Waals surface area contributed by atoms with Crippen LogP contribution < -0.4 is 0 Å². The molecular weight excluding hydrogens is 219 g/mol. The van der Waals surface area contributed by atoms with Crippen LogP contribution in [0, 0.1) is 5.82 Å². The maximum absolute atomic E-state index is 12.7. The molecule has 1 aromatic carbocycles. The van der Waals surface area contributed by atoms with Crippen molar-refractivity contribution in [3.63, 3.8) is 0 Å². The van der Waals surface area contributed by atoms with Crippen LogP contribution in [0.4, 0.5) is 4.39 Å². The van der Waals surface area contributed by atoms with Crippen molar-refractivity contribution in [3.05, 3.63) is 54.1 Å². The lowest BCUT2D eigenvalue weighted by atomic mass is 10.1. The molecule has 0 amide bonds. The Morgan fingerprint density at radius 1 is 1.29 bits per heavy atom. The largest absolute Gasteiger partial charge is 0.294 e. The summed E-state index contributed by atoms with van der Waals surface area (Å²) in [5.41, 5.74) is 0.562. The zero-order valence-electron chi connectivity index (χ0n) is 9.34. The van der Waals surface area contributed by atoms with Gasteiger partial charge in [-0.15, -0.1) is 0 Å². The van der Waals surface area contributed by atoms with Crippen LogP contribution in [0.5, 0.6) is 0 Å². The van der Waals surface area contributed by atoms with E-state index in [9.17, 15) is 9.18 Å². The third-order valence-corrected chi connectivity index (χ3v) is 2.52. The normalized spacial score (nSPS) is 10.4. The fourth-order valence-electron chi connectivity index (χ4n) is 1.61. The van der Waals surface area contributed by atoms with Crippen LogP contribution in [0.25, 0.3) is 0 Å². The van der Waals surface area contributed by atoms with Crippen molar-refractivity contribution < 1.29 is 9.18 Å². The monoisotopic (exact) mass is 232 g/mol. The second-order valence-electron chi connectivity index (χ2n) is 3.80. The van der Waals surface area contributed by atoms with Gasteiger partial charge in [0.05, 0.1) is 0 Å². The molecule has 1 heterocycles. The summed E-state index contributed by atoms with van der Waals surface area (Å²) < 4.78 is 14.5. The van der Waals surface area contributed by atoms with Gasteiger partial charge in [-0.25, -0.2) is 4.39 Å². The fourth-order valence-corrected chi connectivity index (χ4v) is 1.61. The highest BCUT2D eigenvalue weighted by atomic mass is 19.1. The summed E-state index contributed by atoms with van der Waals surface area (Å²) in [6.45, 7) is 0.722. The summed E-state index contributed by atoms with van der Waals surface area (Å²) in [5.74, 6) is -0.282. The SMILES string of the molecule is O=C(CCCn1cccn1)c1ccc(F)cc1. The van der Waals surface area contributed by atoms with Gasteiger partial charge in [-0.3, -0.25) is 9.48 Å². The van der Waals surface area contributed by atoms with E-state index in [1.807, 2.05) is 12.3 Å². The molecule has 0 aliphatic carbocycles. The number of carbonyl (C=O) groups is 1. The fraction of sp³-hybridized carbons (Fsp3) is 0.231. The molecule has 0 saturated carbocycles. The van der Waals surface area contributed by atoms with E-state index in [1.165, 1.54) is 24.3 Å². The lowest BCUT2D eigenvalue weighted by molar-refractivity contribution is 0.0978. The molecule has 1 aromatic heterocycles. The molecule has 0 aliphatic heterocycles. The van der Waals surface area contributed by atoms with Crippen molar-refractivity contribution in [1.82, 2.24) is 9.78 Å². The molecule has 0 N–H and O–H groups in total. The van der Waals surface area contributed by atoms with Crippen molar-refractivity contribution in [2.75, 3.05) is 0 Å². The number of aryl methyl sites for hydroxylation is 1. The van der Waals surface area contributed by atoms with Gasteiger partial charge >= 0.3 is 0 Å². The number of ketones is 1. The van der Waals surface area contributed by atoms with E-state index >= 15 is 0 Å². The number of hydrogen-bond acceptors (Lipinski definition) is 2. The third-order valence-electron chi connectivity index (χ3n) is 2.52. The molecule has 0 saturated heterocycles. The first-order chi connectivity index (χ1) is 8.25. The van der Waals surface area contributed by atoms with E-state index < -0.39 is 0 Å². The number of aromatic nitrogens is 2. The zero-order chi connectivity index (χ0) is 12.1. The van der Waals surface area contributed by atoms with E-state index in [4.69, 9.17) is 0 Å². The number of rotatable bonds is 5. The lowest BCUT2D eigenvalue weighted by Gasteiger charge is -2.02. The maximum atomic E-state index is 12.7. The highest BCUT2D eigenvalue weighted by molar-refractivity contribution is 5.95. The average Bonchev–Trinajstić information content (AvgIpc) is 2.83. The molecule has 17 heavy (non-hydrogen) atoms. The lowest BCUT2D eigenvalue weighted by Crippen LogP contribution is -2.03. The predicted molar refractivity (Wildman–Crippen MR) is 62.2 cm³/mol. The number of carbonyl (C=O) groups excluding carboxylic acids is 1. The number of hydrogen-bond donors (Lipinski definition) is 0. The highest BCUT2D eigenvalue weighted by Gasteiger charge is 2.05. The molecule has 0 fully saturated rings. The number of halogens is 1. The second kappa shape index (κ2) is 5.39. The Balaban J connectivity index is 1.83. The van der Waals surface area contributed by atoms with E-state index in [-0.39, 0.29) is 11.6 Å². The predicted octanol–water partition coefficient (Wildman–Crippen LogP) is 2.69. The van der Waals surface area contributed by atoms with Gasteiger partial charge in [-0.2, -0.15) is 5.10 Å². The summed E-state index contributed by atoms with van der Waals surface area (Å²) in [7, 11) is 0. The standard InChI is InChI=1S/C13H13FN2O/c14-12-6-4-11(5-7-12)13(17)3-1-9-16-10-2-8-15-16/h2,4-8,10H,1,3,9H2. The van der Waals surface area contributed by atoms with Gasteiger partial charge in [-0.05, 0) is 36.8 Å². The van der Waals surface area contributed by atoms with Gasteiger partial charge in [0.2, 0.25) is 0 Å². The van der Waals surface area contributed by atoms with Crippen LogP contribution in [-0.4, -0.2) is 15.6 Å². The molecule has 0 bridgehead atoms. The summed E-state index contributed by atoms with van der Waals surface area (Å²) >= 11 is 0. The molecule has 3 nitrogen and oxygen atoms in total. The van der Waals surface area contributed by atoms with Crippen molar-refractivity contribution in [2.45, 2.75) is 19.4 Å². The van der Waals surface area contributed by atoms with Crippen LogP contribution in [0.1, 0.15) is 23.2 Å². The summed E-state index contributed by atoms with van der Waals surface area (Å²) in [6, 6.07) is 7.50. The van der Waals surface area contributed by atoms with E-state index in [0.717, 1.165) is 13.0 Å². The summed E-state index contributed by atoms with van der Waals surface area (Å²) in [6.07, 6.45) is 4.76. The molecule has 88 valence electrons. The van der Waals surface area contributed by atoms with Gasteiger partial charge in [0, 0.05) is 30.9 Å². The second-order valence-corrected chi connectivity index (χ2v) is 3.80. The van der Waals surface area contributed by atoms with E-state index in [2.05, 4.69) is 5.10 Å². The minimum atomic E-state index is -0.321. The number of nitrogens with zero attached hydrogens (tertiary/aromatic N) is 2. The van der Waals surface area contributed by atoms with Crippen molar-refractivity contribution in [3.8, 4) is 0 Å². The van der Waals surface area contributed by atoms with Gasteiger partial charge < -0.3 is 0 Å². The van der Waals surface area contributed by atoms with Crippen LogP contribution in [0.3, 0.4) is 0 Å². The average molecular weight is 232 g/mol. The zero-order valence-corrected chi connectivity index (χ0v) is 9.34. The molecule has 0 aliphatic rings. The van der Waals surface area contributed by atoms with Crippen molar-refractivity contribution in [2.24, 2.45) is 0 Å². The molecule has 4 heteroatoms. The van der Waals surface area contributed by atoms with Gasteiger partial charge in [0.25, 0.3) is 0 Å². The Kier molecular flexibility index (Phi) is 3.65. The van der Waals surface area contributed by atoms with Crippen molar-refractivity contribution >= 4 is 5.78 Å². The van der Waals surface area contributed by atoms with Gasteiger partial charge in [0.1, 0.15) is 5.82 Å². The number of benzene rings is 1. The molecule has 2 aromatic rings. The first-order valence-corrected chi connectivity index (χ1v) is 5.52. The molecular formula is C13H13FN2O. The topological polar surface area (TPSA) is 34.9 Å². The first-order valence-electron chi connectivity index (χ1n) is 5.52. The Morgan fingerprint density at radius 3 is 2.71 bits per heavy atom. The molecule has 2 rings (SSSR count). The Morgan fingerprint density at radius 2 is 2.06 bits per heavy atom. The third kappa shape index (κ3) is 3.24. The first kappa shape index (κ1) is 11.5. The highest BCUT2D eigenvalue weighted by Crippen LogP contribution is 2.07. The number of Topliss-reactive ketones (excluding diaryl/α,β-unsaturated/α-hetero) is 1. The smallest absolute Gasteiger partial charge is 0.162 e. The Bertz CT molecular complexity index is 477. The van der Waals surface area contributed by atoms with Gasteiger partial charge in [0.15, 0.2) is 5.78 Å². The van der Waals surface area contributed by atoms with Crippen molar-refractivity contribution in [1.29, 1.82) is 0 Å². The van der Waals surface area contributed by atoms with Gasteiger partial charge in [-0.1, -0.05) is 0 Å². The van der Waals surface area contributed by atoms with Crippen LogP contribution >= 0.6 is 0 Å². The van der Waals surface area contributed by atoms with Crippen LogP contribution in [0.15, 0.2) is 42.7 Å². The quantitative estimate of drug-likeness (QED) is 0.743. The summed E-state index contributed by atoms with van der Waals surface area (Å²) in [5, 5.41) is 4.05. The molecule has 0 spiro atoms. The maximum Gasteiger partial charge on any atom is 0.162 e. The molecule has 0 unspecified atom stereocenters. The summed E-state index contributed by atoms with van der Waals surface area (Å²) in [4.78, 5) is 11.7. The molecule has 0 atom stereocenters. The van der Waals surface area contributed by atoms with Crippen LogP contribution in [-0.2, 0) is 6.54 Å². The van der Waals surface area contributed by atoms with E-state index in [0.29, 0.717) is 12.0 Å². The van der Waals surface area contributed by atoms with E-state index in [1.54, 1.807) is 10.9 Å². The Hall–Kier alpha value is -1.97.